The summed E-state index contributed by atoms with van der Waals surface area (Å²) in [6.45, 7) is 3.54. The number of aromatic nitrogens is 2. The zero-order chi connectivity index (χ0) is 13.2. The lowest BCUT2D eigenvalue weighted by atomic mass is 9.75. The van der Waals surface area contributed by atoms with Gasteiger partial charge in [-0.15, -0.1) is 0 Å². The van der Waals surface area contributed by atoms with Gasteiger partial charge in [-0.3, -0.25) is 0 Å². The van der Waals surface area contributed by atoms with E-state index >= 15 is 0 Å². The molecule has 0 aliphatic carbocycles. The first-order chi connectivity index (χ1) is 8.48. The highest BCUT2D eigenvalue weighted by atomic mass is 19.4. The van der Waals surface area contributed by atoms with Crippen LogP contribution in [0.2, 0.25) is 0 Å². The second kappa shape index (κ2) is 4.87. The predicted octanol–water partition coefficient (Wildman–Crippen LogP) is 2.51. The Bertz CT molecular complexity index is 391. The van der Waals surface area contributed by atoms with Gasteiger partial charge < -0.3 is 9.84 Å². The molecule has 0 aromatic carbocycles. The molecule has 0 bridgehead atoms. The van der Waals surface area contributed by atoms with Crippen molar-refractivity contribution in [1.29, 1.82) is 0 Å². The molecule has 4 nitrogen and oxygen atoms in total. The SMILES string of the molecule is CCCC1(c2nc(C(F)(F)F)no2)CCNCC1. The van der Waals surface area contributed by atoms with Gasteiger partial charge in [-0.1, -0.05) is 18.5 Å². The molecule has 1 aromatic rings. The van der Waals surface area contributed by atoms with Crippen molar-refractivity contribution in [2.45, 2.75) is 44.2 Å². The fourth-order valence-corrected chi connectivity index (χ4v) is 2.51. The van der Waals surface area contributed by atoms with Gasteiger partial charge in [-0.05, 0) is 32.4 Å². The summed E-state index contributed by atoms with van der Waals surface area (Å²) < 4.78 is 42.3. The summed E-state index contributed by atoms with van der Waals surface area (Å²) in [5.74, 6) is -1.04. The van der Waals surface area contributed by atoms with Crippen LogP contribution in [-0.4, -0.2) is 23.2 Å². The van der Waals surface area contributed by atoms with E-state index in [1.165, 1.54) is 0 Å². The van der Waals surface area contributed by atoms with Crippen LogP contribution in [0.4, 0.5) is 13.2 Å². The normalized spacial score (nSPS) is 20.0. The van der Waals surface area contributed by atoms with E-state index < -0.39 is 17.4 Å². The number of alkyl halides is 3. The molecule has 102 valence electrons. The van der Waals surface area contributed by atoms with E-state index in [4.69, 9.17) is 4.52 Å². The molecular formula is C11H16F3N3O. The van der Waals surface area contributed by atoms with Gasteiger partial charge in [-0.25, -0.2) is 0 Å². The second-order valence-corrected chi connectivity index (χ2v) is 4.70. The average molecular weight is 263 g/mol. The minimum absolute atomic E-state index is 0.137. The van der Waals surface area contributed by atoms with Gasteiger partial charge in [0.2, 0.25) is 5.89 Å². The molecule has 1 aliphatic heterocycles. The van der Waals surface area contributed by atoms with Crippen LogP contribution < -0.4 is 5.32 Å². The van der Waals surface area contributed by atoms with E-state index in [0.717, 1.165) is 38.8 Å². The van der Waals surface area contributed by atoms with Gasteiger partial charge in [-0.2, -0.15) is 18.2 Å². The molecule has 0 spiro atoms. The molecule has 1 saturated heterocycles. The zero-order valence-corrected chi connectivity index (χ0v) is 10.2. The van der Waals surface area contributed by atoms with Crippen molar-refractivity contribution < 1.29 is 17.7 Å². The van der Waals surface area contributed by atoms with Gasteiger partial charge in [0.05, 0.1) is 5.41 Å². The molecule has 0 amide bonds. The fraction of sp³-hybridized carbons (Fsp3) is 0.818. The number of nitrogens with one attached hydrogen (secondary N) is 1. The lowest BCUT2D eigenvalue weighted by Crippen LogP contribution is -2.40. The lowest BCUT2D eigenvalue weighted by Gasteiger charge is -2.34. The summed E-state index contributed by atoms with van der Waals surface area (Å²) in [5, 5.41) is 6.25. The highest BCUT2D eigenvalue weighted by molar-refractivity contribution is 5.08. The van der Waals surface area contributed by atoms with Gasteiger partial charge >= 0.3 is 6.18 Å². The molecule has 2 rings (SSSR count). The summed E-state index contributed by atoms with van der Waals surface area (Å²) in [6.07, 6.45) is -1.42. The van der Waals surface area contributed by atoms with Crippen molar-refractivity contribution in [2.24, 2.45) is 0 Å². The molecular weight excluding hydrogens is 247 g/mol. The number of piperidine rings is 1. The minimum Gasteiger partial charge on any atom is -0.338 e. The second-order valence-electron chi connectivity index (χ2n) is 4.70. The Morgan fingerprint density at radius 2 is 2.00 bits per heavy atom. The number of nitrogens with zero attached hydrogens (tertiary/aromatic N) is 2. The standard InChI is InChI=1S/C11H16F3N3O/c1-2-3-10(4-6-15-7-5-10)9-16-8(17-18-9)11(12,13)14/h15H,2-7H2,1H3. The van der Waals surface area contributed by atoms with E-state index in [2.05, 4.69) is 15.5 Å². The molecule has 0 radical (unpaired) electrons. The number of hydrogen-bond donors (Lipinski definition) is 1. The maximum Gasteiger partial charge on any atom is 0.455 e. The van der Waals surface area contributed by atoms with Crippen molar-refractivity contribution in [3.63, 3.8) is 0 Å². The average Bonchev–Trinajstić information content (AvgIpc) is 2.80. The first-order valence-electron chi connectivity index (χ1n) is 6.10. The smallest absolute Gasteiger partial charge is 0.338 e. The van der Waals surface area contributed by atoms with E-state index in [-0.39, 0.29) is 5.89 Å². The maximum absolute atomic E-state index is 12.5. The Kier molecular flexibility index (Phi) is 3.61. The minimum atomic E-state index is -4.54. The van der Waals surface area contributed by atoms with Gasteiger partial charge in [0.1, 0.15) is 0 Å². The number of halogens is 3. The molecule has 7 heteroatoms. The first kappa shape index (κ1) is 13.3. The van der Waals surface area contributed by atoms with E-state index in [1.807, 2.05) is 6.92 Å². The number of hydrogen-bond acceptors (Lipinski definition) is 4. The van der Waals surface area contributed by atoms with Crippen LogP contribution in [0.25, 0.3) is 0 Å². The summed E-state index contributed by atoms with van der Waals surface area (Å²) in [5.41, 5.74) is -0.392. The Morgan fingerprint density at radius 3 is 2.50 bits per heavy atom. The monoisotopic (exact) mass is 263 g/mol. The van der Waals surface area contributed by atoms with Crippen LogP contribution in [0.3, 0.4) is 0 Å². The third-order valence-corrected chi connectivity index (χ3v) is 3.42. The third-order valence-electron chi connectivity index (χ3n) is 3.42. The quantitative estimate of drug-likeness (QED) is 0.910. The van der Waals surface area contributed by atoms with E-state index in [0.29, 0.717) is 0 Å². The summed E-state index contributed by atoms with van der Waals surface area (Å²) in [7, 11) is 0. The van der Waals surface area contributed by atoms with Crippen molar-refractivity contribution in [3.05, 3.63) is 11.7 Å². The van der Waals surface area contributed by atoms with Crippen LogP contribution in [0, 0.1) is 0 Å². The zero-order valence-electron chi connectivity index (χ0n) is 10.2. The summed E-state index contributed by atoms with van der Waals surface area (Å²) >= 11 is 0. The van der Waals surface area contributed by atoms with Crippen molar-refractivity contribution >= 4 is 0 Å². The van der Waals surface area contributed by atoms with Crippen LogP contribution in [0.1, 0.15) is 44.3 Å². The van der Waals surface area contributed by atoms with Crippen molar-refractivity contribution in [2.75, 3.05) is 13.1 Å². The molecule has 1 N–H and O–H groups in total. The van der Waals surface area contributed by atoms with Crippen LogP contribution in [-0.2, 0) is 11.6 Å². The summed E-state index contributed by atoms with van der Waals surface area (Å²) in [4.78, 5) is 3.57. The molecule has 0 unspecified atom stereocenters. The van der Waals surface area contributed by atoms with Crippen LogP contribution in [0.5, 0.6) is 0 Å². The molecule has 0 saturated carbocycles. The topological polar surface area (TPSA) is 51.0 Å². The van der Waals surface area contributed by atoms with Crippen LogP contribution >= 0.6 is 0 Å². The molecule has 1 aliphatic rings. The molecule has 18 heavy (non-hydrogen) atoms. The van der Waals surface area contributed by atoms with E-state index in [9.17, 15) is 13.2 Å². The Hall–Kier alpha value is -1.11. The van der Waals surface area contributed by atoms with Gasteiger partial charge in [0.25, 0.3) is 5.82 Å². The fourth-order valence-electron chi connectivity index (χ4n) is 2.51. The number of rotatable bonds is 3. The Balaban J connectivity index is 2.28. The molecule has 2 heterocycles. The van der Waals surface area contributed by atoms with E-state index in [1.54, 1.807) is 0 Å². The van der Waals surface area contributed by atoms with Crippen molar-refractivity contribution in [3.8, 4) is 0 Å². The highest BCUT2D eigenvalue weighted by Crippen LogP contribution is 2.38. The molecule has 1 fully saturated rings. The highest BCUT2D eigenvalue weighted by Gasteiger charge is 2.43. The third kappa shape index (κ3) is 2.50. The lowest BCUT2D eigenvalue weighted by molar-refractivity contribution is -0.146. The Labute approximate surface area is 103 Å². The van der Waals surface area contributed by atoms with Crippen molar-refractivity contribution in [1.82, 2.24) is 15.5 Å². The first-order valence-corrected chi connectivity index (χ1v) is 6.10. The van der Waals surface area contributed by atoms with Crippen LogP contribution in [0.15, 0.2) is 4.52 Å². The van der Waals surface area contributed by atoms with Gasteiger partial charge in [0.15, 0.2) is 0 Å². The largest absolute Gasteiger partial charge is 0.455 e. The Morgan fingerprint density at radius 1 is 1.33 bits per heavy atom. The molecule has 0 atom stereocenters. The van der Waals surface area contributed by atoms with Gasteiger partial charge in [0, 0.05) is 0 Å². The predicted molar refractivity (Wildman–Crippen MR) is 58.0 cm³/mol. The molecule has 1 aromatic heterocycles. The maximum atomic E-state index is 12.5. The summed E-state index contributed by atoms with van der Waals surface area (Å²) in [6, 6.07) is 0.